The number of hydrogen-bond acceptors (Lipinski definition) is 3. The van der Waals surface area contributed by atoms with Crippen LogP contribution in [0.4, 0.5) is 9.18 Å². The molecule has 1 heterocycles. The molecule has 0 saturated carbocycles. The summed E-state index contributed by atoms with van der Waals surface area (Å²) in [6.45, 7) is 6.61. The lowest BCUT2D eigenvalue weighted by molar-refractivity contribution is 0.0164. The highest BCUT2D eigenvalue weighted by Gasteiger charge is 2.29. The maximum atomic E-state index is 12.4. The number of alkyl halides is 1. The van der Waals surface area contributed by atoms with Crippen LogP contribution >= 0.6 is 0 Å². The molecule has 0 aromatic heterocycles. The van der Waals surface area contributed by atoms with E-state index in [4.69, 9.17) is 4.74 Å². The molecule has 1 aliphatic rings. The van der Waals surface area contributed by atoms with Crippen LogP contribution in [0.25, 0.3) is 0 Å². The molecular weight excluding hydrogens is 211 g/mol. The van der Waals surface area contributed by atoms with Crippen molar-refractivity contribution in [1.29, 1.82) is 0 Å². The molecule has 1 aliphatic heterocycles. The van der Waals surface area contributed by atoms with E-state index in [0.717, 1.165) is 19.5 Å². The van der Waals surface area contributed by atoms with Gasteiger partial charge in [-0.2, -0.15) is 0 Å². The molecule has 0 radical (unpaired) electrons. The molecule has 94 valence electrons. The Hall–Kier alpha value is -0.840. The minimum atomic E-state index is -0.532. The average molecular weight is 232 g/mol. The van der Waals surface area contributed by atoms with E-state index in [9.17, 15) is 9.18 Å². The monoisotopic (exact) mass is 232 g/mol. The molecule has 0 aliphatic carbocycles. The van der Waals surface area contributed by atoms with Gasteiger partial charge in [-0.25, -0.2) is 9.18 Å². The fourth-order valence-electron chi connectivity index (χ4n) is 1.74. The maximum Gasteiger partial charge on any atom is 0.410 e. The lowest BCUT2D eigenvalue weighted by Gasteiger charge is -2.30. The van der Waals surface area contributed by atoms with Crippen LogP contribution < -0.4 is 5.32 Å². The number of carbonyl (C=O) groups is 1. The molecule has 16 heavy (non-hydrogen) atoms. The molecule has 1 amide bonds. The Bertz CT molecular complexity index is 235. The van der Waals surface area contributed by atoms with Crippen molar-refractivity contribution in [1.82, 2.24) is 10.2 Å². The summed E-state index contributed by atoms with van der Waals surface area (Å²) in [5, 5.41) is 3.16. The van der Waals surface area contributed by atoms with Gasteiger partial charge in [0.25, 0.3) is 0 Å². The van der Waals surface area contributed by atoms with E-state index >= 15 is 0 Å². The highest BCUT2D eigenvalue weighted by Crippen LogP contribution is 2.15. The fourth-order valence-corrected chi connectivity index (χ4v) is 1.74. The van der Waals surface area contributed by atoms with E-state index in [1.54, 1.807) is 0 Å². The van der Waals surface area contributed by atoms with Crippen LogP contribution in [-0.4, -0.2) is 48.9 Å². The van der Waals surface area contributed by atoms with Crippen LogP contribution in [0.2, 0.25) is 0 Å². The highest BCUT2D eigenvalue weighted by molar-refractivity contribution is 5.68. The first-order valence-electron chi connectivity index (χ1n) is 5.70. The Balaban J connectivity index is 2.57. The van der Waals surface area contributed by atoms with Gasteiger partial charge >= 0.3 is 6.09 Å². The van der Waals surface area contributed by atoms with Gasteiger partial charge in [0.2, 0.25) is 0 Å². The standard InChI is InChI=1S/C11H21FN2O2/c1-11(2,3)16-10(15)14(7-5-12)9-4-6-13-8-9/h9,13H,4-8H2,1-3H3/t9-/m1/s1. The van der Waals surface area contributed by atoms with Crippen LogP contribution in [-0.2, 0) is 4.74 Å². The van der Waals surface area contributed by atoms with Crippen LogP contribution in [0.5, 0.6) is 0 Å². The van der Waals surface area contributed by atoms with Crippen molar-refractivity contribution in [2.75, 3.05) is 26.3 Å². The molecule has 4 nitrogen and oxygen atoms in total. The predicted octanol–water partition coefficient (Wildman–Crippen LogP) is 1.55. The summed E-state index contributed by atoms with van der Waals surface area (Å²) >= 11 is 0. The van der Waals surface area contributed by atoms with Gasteiger partial charge in [-0.1, -0.05) is 0 Å². The number of rotatable bonds is 3. The Labute approximate surface area is 96.1 Å². The van der Waals surface area contributed by atoms with Crippen molar-refractivity contribution < 1.29 is 13.9 Å². The van der Waals surface area contributed by atoms with Crippen molar-refractivity contribution in [3.63, 3.8) is 0 Å². The van der Waals surface area contributed by atoms with Crippen molar-refractivity contribution >= 4 is 6.09 Å². The third-order valence-corrected chi connectivity index (χ3v) is 2.43. The maximum absolute atomic E-state index is 12.4. The Morgan fingerprint density at radius 3 is 2.69 bits per heavy atom. The minimum Gasteiger partial charge on any atom is -0.444 e. The largest absolute Gasteiger partial charge is 0.444 e. The van der Waals surface area contributed by atoms with E-state index in [1.165, 1.54) is 4.90 Å². The first-order chi connectivity index (χ1) is 7.44. The molecule has 1 N–H and O–H groups in total. The second-order valence-electron chi connectivity index (χ2n) is 5.01. The molecule has 1 atom stereocenters. The summed E-state index contributed by atoms with van der Waals surface area (Å²) in [6.07, 6.45) is 0.443. The number of halogens is 1. The number of carbonyl (C=O) groups excluding carboxylic acids is 1. The molecule has 0 aromatic rings. The molecule has 0 unspecified atom stereocenters. The molecule has 5 heteroatoms. The van der Waals surface area contributed by atoms with Crippen molar-refractivity contribution in [2.24, 2.45) is 0 Å². The SMILES string of the molecule is CC(C)(C)OC(=O)N(CCF)[C@@H]1CCNC1. The van der Waals surface area contributed by atoms with Gasteiger partial charge in [0.15, 0.2) is 0 Å². The molecular formula is C11H21FN2O2. The van der Waals surface area contributed by atoms with Gasteiger partial charge in [0.1, 0.15) is 12.3 Å². The van der Waals surface area contributed by atoms with Crippen LogP contribution in [0.3, 0.4) is 0 Å². The third kappa shape index (κ3) is 3.96. The zero-order chi connectivity index (χ0) is 12.2. The highest BCUT2D eigenvalue weighted by atomic mass is 19.1. The topological polar surface area (TPSA) is 41.6 Å². The van der Waals surface area contributed by atoms with Crippen molar-refractivity contribution in [2.45, 2.75) is 38.8 Å². The van der Waals surface area contributed by atoms with Crippen LogP contribution in [0.1, 0.15) is 27.2 Å². The van der Waals surface area contributed by atoms with Crippen LogP contribution in [0.15, 0.2) is 0 Å². The summed E-state index contributed by atoms with van der Waals surface area (Å²) in [7, 11) is 0. The number of ether oxygens (including phenoxy) is 1. The van der Waals surface area contributed by atoms with Crippen molar-refractivity contribution in [3.05, 3.63) is 0 Å². The smallest absolute Gasteiger partial charge is 0.410 e. The number of hydrogen-bond donors (Lipinski definition) is 1. The van der Waals surface area contributed by atoms with E-state index in [1.807, 2.05) is 20.8 Å². The average Bonchev–Trinajstić information content (AvgIpc) is 2.63. The van der Waals surface area contributed by atoms with E-state index < -0.39 is 18.4 Å². The Kier molecular flexibility index (Phi) is 4.53. The van der Waals surface area contributed by atoms with Gasteiger partial charge in [-0.15, -0.1) is 0 Å². The Morgan fingerprint density at radius 2 is 2.25 bits per heavy atom. The van der Waals surface area contributed by atoms with Crippen molar-refractivity contribution in [3.8, 4) is 0 Å². The number of amides is 1. The van der Waals surface area contributed by atoms with E-state index in [2.05, 4.69) is 5.32 Å². The van der Waals surface area contributed by atoms with Gasteiger partial charge in [-0.05, 0) is 33.7 Å². The van der Waals surface area contributed by atoms with Gasteiger partial charge in [-0.3, -0.25) is 0 Å². The molecule has 1 rings (SSSR count). The first-order valence-corrected chi connectivity index (χ1v) is 5.70. The second-order valence-corrected chi connectivity index (χ2v) is 5.01. The molecule has 0 spiro atoms. The number of nitrogens with one attached hydrogen (secondary N) is 1. The lowest BCUT2D eigenvalue weighted by Crippen LogP contribution is -2.45. The van der Waals surface area contributed by atoms with E-state index in [-0.39, 0.29) is 12.6 Å². The molecule has 0 bridgehead atoms. The fraction of sp³-hybridized carbons (Fsp3) is 0.909. The van der Waals surface area contributed by atoms with Gasteiger partial charge < -0.3 is 15.0 Å². The molecule has 0 aromatic carbocycles. The summed E-state index contributed by atoms with van der Waals surface area (Å²) in [5.41, 5.74) is -0.530. The normalized spacial score (nSPS) is 20.9. The molecule has 1 saturated heterocycles. The number of nitrogens with zero attached hydrogens (tertiary/aromatic N) is 1. The third-order valence-electron chi connectivity index (χ3n) is 2.43. The summed E-state index contributed by atoms with van der Waals surface area (Å²) < 4.78 is 17.7. The second kappa shape index (κ2) is 5.48. The minimum absolute atomic E-state index is 0.0607. The van der Waals surface area contributed by atoms with E-state index in [0.29, 0.717) is 0 Å². The summed E-state index contributed by atoms with van der Waals surface area (Å²) in [4.78, 5) is 13.3. The zero-order valence-corrected chi connectivity index (χ0v) is 10.3. The lowest BCUT2D eigenvalue weighted by atomic mass is 10.2. The summed E-state index contributed by atoms with van der Waals surface area (Å²) in [6, 6.07) is 0.0607. The first kappa shape index (κ1) is 13.2. The van der Waals surface area contributed by atoms with Crippen LogP contribution in [0, 0.1) is 0 Å². The zero-order valence-electron chi connectivity index (χ0n) is 10.3. The van der Waals surface area contributed by atoms with Gasteiger partial charge in [0, 0.05) is 12.6 Å². The van der Waals surface area contributed by atoms with Gasteiger partial charge in [0.05, 0.1) is 6.54 Å². The Morgan fingerprint density at radius 1 is 1.56 bits per heavy atom. The quantitative estimate of drug-likeness (QED) is 0.802. The predicted molar refractivity (Wildman–Crippen MR) is 60.2 cm³/mol. The summed E-state index contributed by atoms with van der Waals surface area (Å²) in [5.74, 6) is 0. The molecule has 1 fully saturated rings.